The lowest BCUT2D eigenvalue weighted by molar-refractivity contribution is 0.118. The van der Waals surface area contributed by atoms with Crippen molar-refractivity contribution >= 4 is 0 Å². The Morgan fingerprint density at radius 2 is 2.18 bits per heavy atom. The predicted molar refractivity (Wildman–Crippen MR) is 67.6 cm³/mol. The van der Waals surface area contributed by atoms with Gasteiger partial charge in [-0.15, -0.1) is 0 Å². The number of aryl methyl sites for hydroxylation is 1. The summed E-state index contributed by atoms with van der Waals surface area (Å²) in [5.74, 6) is 0. The molecule has 1 aromatic rings. The van der Waals surface area contributed by atoms with Crippen molar-refractivity contribution in [3.8, 4) is 0 Å². The first-order chi connectivity index (χ1) is 8.29. The molecule has 1 aliphatic carbocycles. The molecule has 96 valence electrons. The number of aromatic nitrogens is 2. The lowest BCUT2D eigenvalue weighted by Gasteiger charge is -2.36. The predicted octanol–water partition coefficient (Wildman–Crippen LogP) is 1.69. The van der Waals surface area contributed by atoms with Gasteiger partial charge in [0.05, 0.1) is 12.3 Å². The summed E-state index contributed by atoms with van der Waals surface area (Å²) in [6.07, 6.45) is 7.76. The summed E-state index contributed by atoms with van der Waals surface area (Å²) in [7, 11) is 0. The monoisotopic (exact) mass is 237 g/mol. The molecule has 1 fully saturated rings. The molecule has 1 aromatic heterocycles. The van der Waals surface area contributed by atoms with Gasteiger partial charge in [0.1, 0.15) is 0 Å². The maximum Gasteiger partial charge on any atom is 0.0613 e. The highest BCUT2D eigenvalue weighted by molar-refractivity contribution is 5.02. The minimum absolute atomic E-state index is 0.0545. The largest absolute Gasteiger partial charge is 0.394 e. The number of hydrogen-bond donors (Lipinski definition) is 2. The molecule has 0 amide bonds. The molecule has 0 radical (unpaired) electrons. The van der Waals surface area contributed by atoms with Gasteiger partial charge in [0.15, 0.2) is 0 Å². The zero-order chi connectivity index (χ0) is 12.1. The molecule has 0 aliphatic heterocycles. The van der Waals surface area contributed by atoms with Gasteiger partial charge >= 0.3 is 0 Å². The van der Waals surface area contributed by atoms with Crippen LogP contribution in [0.1, 0.15) is 44.7 Å². The van der Waals surface area contributed by atoms with E-state index in [9.17, 15) is 5.11 Å². The Bertz CT molecular complexity index is 342. The molecule has 0 unspecified atom stereocenters. The van der Waals surface area contributed by atoms with E-state index >= 15 is 0 Å². The lowest BCUT2D eigenvalue weighted by atomic mass is 9.82. The van der Waals surface area contributed by atoms with Gasteiger partial charge in [0, 0.05) is 24.8 Å². The maximum atomic E-state index is 9.61. The van der Waals surface area contributed by atoms with Crippen LogP contribution in [0, 0.1) is 0 Å². The molecule has 17 heavy (non-hydrogen) atoms. The summed E-state index contributed by atoms with van der Waals surface area (Å²) in [5, 5.41) is 17.4. The fraction of sp³-hybridized carbons (Fsp3) is 0.769. The van der Waals surface area contributed by atoms with Crippen LogP contribution in [0.15, 0.2) is 12.3 Å². The Hall–Kier alpha value is -0.870. The van der Waals surface area contributed by atoms with Crippen molar-refractivity contribution in [2.75, 3.05) is 6.61 Å². The molecule has 4 nitrogen and oxygen atoms in total. The Labute approximate surface area is 103 Å². The zero-order valence-electron chi connectivity index (χ0n) is 10.7. The van der Waals surface area contributed by atoms with Crippen molar-refractivity contribution in [2.24, 2.45) is 0 Å². The highest BCUT2D eigenvalue weighted by atomic mass is 16.3. The number of aliphatic hydroxyl groups excluding tert-OH is 1. The fourth-order valence-electron chi connectivity index (χ4n) is 2.69. The van der Waals surface area contributed by atoms with Crippen LogP contribution in [0.4, 0.5) is 0 Å². The standard InChI is InChI=1S/C13H23N3O/c1-2-16-12(6-9-15-16)10-14-13(11-17)7-4-3-5-8-13/h6,9,14,17H,2-5,7-8,10-11H2,1H3. The number of nitrogens with zero attached hydrogens (tertiary/aromatic N) is 2. The topological polar surface area (TPSA) is 50.1 Å². The van der Waals surface area contributed by atoms with E-state index < -0.39 is 0 Å². The molecule has 0 atom stereocenters. The van der Waals surface area contributed by atoms with Crippen LogP contribution in [-0.4, -0.2) is 27.0 Å². The first-order valence-electron chi connectivity index (χ1n) is 6.66. The summed E-state index contributed by atoms with van der Waals surface area (Å²) in [4.78, 5) is 0. The second kappa shape index (κ2) is 5.65. The second-order valence-electron chi connectivity index (χ2n) is 4.99. The molecular weight excluding hydrogens is 214 g/mol. The minimum Gasteiger partial charge on any atom is -0.394 e. The number of aliphatic hydroxyl groups is 1. The average Bonchev–Trinajstić information content (AvgIpc) is 2.85. The molecule has 0 aromatic carbocycles. The quantitative estimate of drug-likeness (QED) is 0.819. The highest BCUT2D eigenvalue weighted by Crippen LogP contribution is 2.28. The third-order valence-electron chi connectivity index (χ3n) is 3.86. The van der Waals surface area contributed by atoms with E-state index in [-0.39, 0.29) is 12.1 Å². The van der Waals surface area contributed by atoms with E-state index in [0.717, 1.165) is 25.9 Å². The van der Waals surface area contributed by atoms with Crippen LogP contribution >= 0.6 is 0 Å². The van der Waals surface area contributed by atoms with Crippen molar-refractivity contribution in [3.63, 3.8) is 0 Å². The van der Waals surface area contributed by atoms with Crippen LogP contribution < -0.4 is 5.32 Å². The first-order valence-corrected chi connectivity index (χ1v) is 6.66. The van der Waals surface area contributed by atoms with E-state index in [1.807, 2.05) is 16.9 Å². The van der Waals surface area contributed by atoms with Crippen LogP contribution in [0.3, 0.4) is 0 Å². The minimum atomic E-state index is -0.0545. The molecule has 1 aliphatic rings. The van der Waals surface area contributed by atoms with Crippen LogP contribution in [-0.2, 0) is 13.1 Å². The Kier molecular flexibility index (Phi) is 4.18. The van der Waals surface area contributed by atoms with Gasteiger partial charge in [0.25, 0.3) is 0 Å². The third kappa shape index (κ3) is 2.87. The van der Waals surface area contributed by atoms with Crippen LogP contribution in [0.5, 0.6) is 0 Å². The van der Waals surface area contributed by atoms with Gasteiger partial charge in [-0.1, -0.05) is 19.3 Å². The van der Waals surface area contributed by atoms with E-state index in [1.165, 1.54) is 25.0 Å². The van der Waals surface area contributed by atoms with Gasteiger partial charge in [-0.25, -0.2) is 0 Å². The molecule has 4 heteroatoms. The van der Waals surface area contributed by atoms with Crippen molar-refractivity contribution < 1.29 is 5.11 Å². The zero-order valence-corrected chi connectivity index (χ0v) is 10.7. The molecular formula is C13H23N3O. The van der Waals surface area contributed by atoms with E-state index in [2.05, 4.69) is 17.3 Å². The second-order valence-corrected chi connectivity index (χ2v) is 4.99. The highest BCUT2D eigenvalue weighted by Gasteiger charge is 2.30. The molecule has 2 N–H and O–H groups in total. The fourth-order valence-corrected chi connectivity index (χ4v) is 2.69. The summed E-state index contributed by atoms with van der Waals surface area (Å²) in [5.41, 5.74) is 1.15. The van der Waals surface area contributed by atoms with Gasteiger partial charge in [-0.05, 0) is 25.8 Å². The molecule has 0 spiro atoms. The van der Waals surface area contributed by atoms with E-state index in [0.29, 0.717) is 0 Å². The Morgan fingerprint density at radius 3 is 2.82 bits per heavy atom. The normalized spacial score (nSPS) is 19.4. The first kappa shape index (κ1) is 12.6. The molecule has 1 saturated carbocycles. The molecule has 2 rings (SSSR count). The third-order valence-corrected chi connectivity index (χ3v) is 3.86. The van der Waals surface area contributed by atoms with Crippen LogP contribution in [0.2, 0.25) is 0 Å². The Morgan fingerprint density at radius 1 is 1.41 bits per heavy atom. The summed E-state index contributed by atoms with van der Waals surface area (Å²) >= 11 is 0. The molecule has 1 heterocycles. The van der Waals surface area contributed by atoms with Crippen molar-refractivity contribution in [1.82, 2.24) is 15.1 Å². The Balaban J connectivity index is 1.95. The van der Waals surface area contributed by atoms with Crippen molar-refractivity contribution in [1.29, 1.82) is 0 Å². The number of rotatable bonds is 5. The van der Waals surface area contributed by atoms with Gasteiger partial charge in [-0.2, -0.15) is 5.10 Å². The summed E-state index contributed by atoms with van der Waals surface area (Å²) in [6.45, 7) is 4.04. The van der Waals surface area contributed by atoms with Gasteiger partial charge in [-0.3, -0.25) is 4.68 Å². The smallest absolute Gasteiger partial charge is 0.0613 e. The van der Waals surface area contributed by atoms with Crippen LogP contribution in [0.25, 0.3) is 0 Å². The maximum absolute atomic E-state index is 9.61. The average molecular weight is 237 g/mol. The van der Waals surface area contributed by atoms with Crippen molar-refractivity contribution in [3.05, 3.63) is 18.0 Å². The number of nitrogens with one attached hydrogen (secondary N) is 1. The van der Waals surface area contributed by atoms with Gasteiger partial charge < -0.3 is 10.4 Å². The lowest BCUT2D eigenvalue weighted by Crippen LogP contribution is -2.49. The van der Waals surface area contributed by atoms with E-state index in [1.54, 1.807) is 0 Å². The summed E-state index contributed by atoms with van der Waals surface area (Å²) < 4.78 is 2.00. The van der Waals surface area contributed by atoms with Crippen molar-refractivity contribution in [2.45, 2.75) is 57.7 Å². The summed E-state index contributed by atoms with van der Waals surface area (Å²) in [6, 6.07) is 2.05. The van der Waals surface area contributed by atoms with E-state index in [4.69, 9.17) is 0 Å². The van der Waals surface area contributed by atoms with Gasteiger partial charge in [0.2, 0.25) is 0 Å². The molecule has 0 bridgehead atoms. The molecule has 0 saturated heterocycles. The number of hydrogen-bond acceptors (Lipinski definition) is 3. The SMILES string of the molecule is CCn1nccc1CNC1(CO)CCCCC1.